The summed E-state index contributed by atoms with van der Waals surface area (Å²) in [5, 5.41) is 11.4. The van der Waals surface area contributed by atoms with E-state index in [2.05, 4.69) is 36.6 Å². The van der Waals surface area contributed by atoms with E-state index < -0.39 is 12.0 Å². The Bertz CT molecular complexity index is 930. The highest BCUT2D eigenvalue weighted by atomic mass is 16.4. The van der Waals surface area contributed by atoms with Gasteiger partial charge in [0.05, 0.1) is 12.1 Å². The monoisotopic (exact) mass is 484 g/mol. The average Bonchev–Trinajstić information content (AvgIpc) is 3.52. The normalized spacial score (nSPS) is 23.5. The predicted octanol–water partition coefficient (Wildman–Crippen LogP) is 3.63. The van der Waals surface area contributed by atoms with Crippen molar-refractivity contribution in [1.29, 1.82) is 0 Å². The van der Waals surface area contributed by atoms with Crippen molar-refractivity contribution < 1.29 is 19.5 Å². The number of carbonyl (C=O) groups is 3. The van der Waals surface area contributed by atoms with Crippen molar-refractivity contribution in [3.63, 3.8) is 0 Å². The Morgan fingerprint density at radius 2 is 1.86 bits per heavy atom. The quantitative estimate of drug-likeness (QED) is 0.548. The first-order chi connectivity index (χ1) is 16.9. The molecule has 2 amide bonds. The molecule has 3 atom stereocenters. The van der Waals surface area contributed by atoms with Crippen molar-refractivity contribution >= 4 is 17.8 Å². The molecule has 0 spiro atoms. The van der Waals surface area contributed by atoms with E-state index in [0.29, 0.717) is 31.6 Å². The van der Waals surface area contributed by atoms with Gasteiger partial charge in [-0.3, -0.25) is 14.6 Å². The van der Waals surface area contributed by atoms with Crippen molar-refractivity contribution in [1.82, 2.24) is 20.2 Å². The summed E-state index contributed by atoms with van der Waals surface area (Å²) < 4.78 is 0. The van der Waals surface area contributed by atoms with Crippen LogP contribution in [-0.2, 0) is 14.4 Å². The van der Waals surface area contributed by atoms with Gasteiger partial charge in [-0.15, -0.1) is 0 Å². The average molecular weight is 485 g/mol. The highest BCUT2D eigenvalue weighted by molar-refractivity contribution is 5.97. The lowest BCUT2D eigenvalue weighted by atomic mass is 10.0. The number of rotatable bonds is 8. The van der Waals surface area contributed by atoms with Crippen LogP contribution in [0.15, 0.2) is 36.0 Å². The molecule has 3 unspecified atom stereocenters. The molecule has 2 N–H and O–H groups in total. The second kappa shape index (κ2) is 12.2. The fraction of sp³-hybridized carbons (Fsp3) is 0.593. The molecule has 192 valence electrons. The number of likely N-dealkylation sites (tertiary alicyclic amines) is 1. The molecule has 3 aliphatic heterocycles. The molecule has 3 aliphatic rings. The summed E-state index contributed by atoms with van der Waals surface area (Å²) in [4.78, 5) is 40.9. The topological polar surface area (TPSA) is 93.2 Å². The number of benzene rings is 1. The zero-order valence-corrected chi connectivity index (χ0v) is 21.5. The number of nitrogens with zero attached hydrogens (tertiary/aromatic N) is 3. The number of carboxylic acids is 1. The van der Waals surface area contributed by atoms with Gasteiger partial charge in [-0.25, -0.2) is 10.2 Å². The Morgan fingerprint density at radius 1 is 1.14 bits per heavy atom. The number of aliphatic carboxylic acids is 1. The lowest BCUT2D eigenvalue weighted by Crippen LogP contribution is -2.58. The zero-order valence-electron chi connectivity index (χ0n) is 21.5. The molecule has 2 saturated heterocycles. The van der Waals surface area contributed by atoms with Crippen LogP contribution >= 0.6 is 0 Å². The minimum Gasteiger partial charge on any atom is -0.480 e. The molecular formula is C27H40N4O4. The van der Waals surface area contributed by atoms with Crippen LogP contribution in [-0.4, -0.2) is 69.4 Å². The molecule has 0 radical (unpaired) electrons. The van der Waals surface area contributed by atoms with Crippen LogP contribution in [0.5, 0.6) is 0 Å². The largest absolute Gasteiger partial charge is 0.480 e. The first-order valence-electron chi connectivity index (χ1n) is 13.0. The summed E-state index contributed by atoms with van der Waals surface area (Å²) >= 11 is 0. The smallest absolute Gasteiger partial charge is 0.326 e. The van der Waals surface area contributed by atoms with E-state index in [1.165, 1.54) is 10.5 Å². The van der Waals surface area contributed by atoms with E-state index in [1.807, 2.05) is 31.9 Å². The lowest BCUT2D eigenvalue weighted by molar-refractivity contribution is -0.150. The number of hydrogen-bond acceptors (Lipinski definition) is 5. The van der Waals surface area contributed by atoms with Crippen molar-refractivity contribution in [2.75, 3.05) is 19.6 Å². The molecule has 35 heavy (non-hydrogen) atoms. The van der Waals surface area contributed by atoms with E-state index in [-0.39, 0.29) is 30.4 Å². The number of nitrogens with one attached hydrogen (secondary N) is 1. The molecule has 3 heterocycles. The number of hydrogen-bond donors (Lipinski definition) is 2. The Morgan fingerprint density at radius 3 is 2.51 bits per heavy atom. The van der Waals surface area contributed by atoms with Gasteiger partial charge in [0.25, 0.3) is 5.91 Å². The highest BCUT2D eigenvalue weighted by Gasteiger charge is 2.42. The molecule has 1 aromatic carbocycles. The van der Waals surface area contributed by atoms with Crippen LogP contribution in [0.4, 0.5) is 0 Å². The summed E-state index contributed by atoms with van der Waals surface area (Å²) in [6.45, 7) is 9.02. The van der Waals surface area contributed by atoms with Gasteiger partial charge in [-0.1, -0.05) is 69.9 Å². The number of unbranched alkanes of at least 4 members (excludes halogenated alkanes) is 2. The first kappa shape index (κ1) is 26.7. The number of hydrazine groups is 1. The molecule has 0 aromatic heterocycles. The van der Waals surface area contributed by atoms with Crippen LogP contribution in [0.2, 0.25) is 0 Å². The molecule has 2 fully saturated rings. The van der Waals surface area contributed by atoms with Crippen molar-refractivity contribution in [2.45, 2.75) is 84.3 Å². The molecular weight excluding hydrogens is 444 g/mol. The van der Waals surface area contributed by atoms with Gasteiger partial charge >= 0.3 is 5.97 Å². The molecule has 8 heteroatoms. The third-order valence-corrected chi connectivity index (χ3v) is 6.93. The standard InChI is InChI=1S/C25H34N4O4.C2H6/c1-3-4-5-7-19-15-27(16-23(30)28-13-6-8-21(28)25(32)33)24(31)22-14-20(26-29(19)22)18-11-9-17(2)10-12-18;1-2/h9-12,14,19-21,26H,3-8,13,15-16H2,1-2H3,(H,32,33);1-2H3. The second-order valence-corrected chi connectivity index (χ2v) is 9.36. The van der Waals surface area contributed by atoms with Gasteiger partial charge < -0.3 is 14.9 Å². The van der Waals surface area contributed by atoms with Gasteiger partial charge in [0.15, 0.2) is 0 Å². The third-order valence-electron chi connectivity index (χ3n) is 6.93. The minimum atomic E-state index is -0.974. The van der Waals surface area contributed by atoms with Gasteiger partial charge in [0.1, 0.15) is 18.3 Å². The number of aryl methyl sites for hydroxylation is 1. The maximum atomic E-state index is 13.4. The van der Waals surface area contributed by atoms with Crippen LogP contribution in [0, 0.1) is 6.92 Å². The second-order valence-electron chi connectivity index (χ2n) is 9.36. The van der Waals surface area contributed by atoms with Crippen LogP contribution in [0.3, 0.4) is 0 Å². The van der Waals surface area contributed by atoms with E-state index in [1.54, 1.807) is 4.90 Å². The summed E-state index contributed by atoms with van der Waals surface area (Å²) in [7, 11) is 0. The lowest BCUT2D eigenvalue weighted by Gasteiger charge is -2.42. The molecule has 4 rings (SSSR count). The van der Waals surface area contributed by atoms with E-state index >= 15 is 0 Å². The summed E-state index contributed by atoms with van der Waals surface area (Å²) in [5.74, 6) is -1.43. The molecule has 0 saturated carbocycles. The molecule has 0 aliphatic carbocycles. The van der Waals surface area contributed by atoms with Crippen molar-refractivity contribution in [2.24, 2.45) is 0 Å². The summed E-state index contributed by atoms with van der Waals surface area (Å²) in [6, 6.07) is 7.45. The Balaban J connectivity index is 0.00000167. The predicted molar refractivity (Wildman–Crippen MR) is 135 cm³/mol. The van der Waals surface area contributed by atoms with E-state index in [9.17, 15) is 19.5 Å². The van der Waals surface area contributed by atoms with Crippen LogP contribution in [0.25, 0.3) is 0 Å². The van der Waals surface area contributed by atoms with Gasteiger partial charge in [-0.2, -0.15) is 0 Å². The van der Waals surface area contributed by atoms with Crippen LogP contribution < -0.4 is 5.43 Å². The third kappa shape index (κ3) is 6.04. The van der Waals surface area contributed by atoms with E-state index in [0.717, 1.165) is 31.2 Å². The van der Waals surface area contributed by atoms with Gasteiger partial charge in [-0.05, 0) is 37.8 Å². The number of carbonyl (C=O) groups excluding carboxylic acids is 2. The molecule has 0 bridgehead atoms. The highest BCUT2D eigenvalue weighted by Crippen LogP contribution is 2.32. The summed E-state index contributed by atoms with van der Waals surface area (Å²) in [5.41, 5.74) is 6.36. The molecule has 1 aromatic rings. The fourth-order valence-electron chi connectivity index (χ4n) is 5.06. The maximum Gasteiger partial charge on any atom is 0.326 e. The SMILES string of the molecule is CC.CCCCCC1CN(CC(=O)N2CCCC2C(=O)O)C(=O)C2=CC(c3ccc(C)cc3)NN21. The van der Waals surface area contributed by atoms with E-state index in [4.69, 9.17) is 0 Å². The number of amides is 2. The number of fused-ring (bicyclic) bond motifs is 1. The number of piperazine rings is 1. The summed E-state index contributed by atoms with van der Waals surface area (Å²) in [6.07, 6.45) is 7.29. The zero-order chi connectivity index (χ0) is 25.5. The maximum absolute atomic E-state index is 13.4. The Kier molecular flexibility index (Phi) is 9.32. The van der Waals surface area contributed by atoms with Gasteiger partial charge in [0, 0.05) is 13.1 Å². The van der Waals surface area contributed by atoms with Crippen LogP contribution in [0.1, 0.15) is 76.5 Å². The van der Waals surface area contributed by atoms with Crippen molar-refractivity contribution in [3.8, 4) is 0 Å². The first-order valence-corrected chi connectivity index (χ1v) is 13.0. The molecule has 8 nitrogen and oxygen atoms in total. The Hall–Kier alpha value is -2.87. The minimum absolute atomic E-state index is 0.0672. The van der Waals surface area contributed by atoms with Gasteiger partial charge in [0.2, 0.25) is 5.91 Å². The van der Waals surface area contributed by atoms with Crippen molar-refractivity contribution in [3.05, 3.63) is 47.2 Å². The Labute approximate surface area is 208 Å². The fourth-order valence-corrected chi connectivity index (χ4v) is 5.06. The number of carboxylic acid groups (broad SMARTS) is 1.